The highest BCUT2D eigenvalue weighted by molar-refractivity contribution is 7.92. The molecule has 1 heterocycles. The second kappa shape index (κ2) is 8.48. The number of sulfonamides is 1. The first-order valence-corrected chi connectivity index (χ1v) is 11.0. The molecule has 3 rings (SSSR count). The third-order valence-electron chi connectivity index (χ3n) is 4.63. The number of nitrogens with zero attached hydrogens (tertiary/aromatic N) is 3. The Morgan fingerprint density at radius 3 is 2.41 bits per heavy atom. The van der Waals surface area contributed by atoms with Gasteiger partial charge in [-0.3, -0.25) is 9.10 Å². The van der Waals surface area contributed by atoms with Gasteiger partial charge in [-0.05, 0) is 37.6 Å². The second-order valence-corrected chi connectivity index (χ2v) is 8.62. The molecule has 0 unspecified atom stereocenters. The molecule has 2 aromatic carbocycles. The zero-order chi connectivity index (χ0) is 21.0. The third kappa shape index (κ3) is 4.65. The Hall–Kier alpha value is -3.13. The maximum atomic E-state index is 12.8. The molecule has 0 bridgehead atoms. The number of benzene rings is 2. The standard InChI is InChI=1S/C21H24N4O3S/c1-16(25(29(3,27)28)19-10-5-4-6-11-19)21(26)23-15-18-9-7-8-12-20(18)24-14-13-22-17(24)2/h4-14,16H,15H2,1-3H3,(H,23,26)/t16-/m1/s1. The molecule has 1 amide bonds. The van der Waals surface area contributed by atoms with Crippen molar-refractivity contribution >= 4 is 21.6 Å². The molecule has 0 fully saturated rings. The number of imidazole rings is 1. The summed E-state index contributed by atoms with van der Waals surface area (Å²) in [6, 6.07) is 15.4. The molecular weight excluding hydrogens is 388 g/mol. The van der Waals surface area contributed by atoms with E-state index in [0.717, 1.165) is 27.6 Å². The van der Waals surface area contributed by atoms with Gasteiger partial charge in [0.25, 0.3) is 0 Å². The number of aryl methyl sites for hydroxylation is 1. The summed E-state index contributed by atoms with van der Waals surface area (Å²) in [6.07, 6.45) is 4.68. The Labute approximate surface area is 171 Å². The predicted octanol–water partition coefficient (Wildman–Crippen LogP) is 2.65. The average molecular weight is 413 g/mol. The number of hydrogen-bond acceptors (Lipinski definition) is 4. The number of carbonyl (C=O) groups excluding carboxylic acids is 1. The Bertz CT molecular complexity index is 1090. The highest BCUT2D eigenvalue weighted by Gasteiger charge is 2.28. The quantitative estimate of drug-likeness (QED) is 0.647. The SMILES string of the molecule is Cc1nccn1-c1ccccc1CNC(=O)[C@@H](C)N(c1ccccc1)S(C)(=O)=O. The first kappa shape index (κ1) is 20.6. The Morgan fingerprint density at radius 1 is 1.14 bits per heavy atom. The normalized spacial score (nSPS) is 12.4. The van der Waals surface area contributed by atoms with Crippen LogP contribution in [0.25, 0.3) is 5.69 Å². The highest BCUT2D eigenvalue weighted by atomic mass is 32.2. The topological polar surface area (TPSA) is 84.3 Å². The monoisotopic (exact) mass is 412 g/mol. The van der Waals surface area contributed by atoms with Gasteiger partial charge in [0.2, 0.25) is 15.9 Å². The van der Waals surface area contributed by atoms with E-state index >= 15 is 0 Å². The van der Waals surface area contributed by atoms with Crippen molar-refractivity contribution in [2.45, 2.75) is 26.4 Å². The van der Waals surface area contributed by atoms with E-state index in [1.807, 2.05) is 42.0 Å². The first-order valence-electron chi connectivity index (χ1n) is 9.19. The van der Waals surface area contributed by atoms with Crippen LogP contribution >= 0.6 is 0 Å². The molecule has 0 saturated carbocycles. The van der Waals surface area contributed by atoms with Crippen molar-refractivity contribution in [3.05, 3.63) is 78.4 Å². The van der Waals surface area contributed by atoms with Crippen molar-refractivity contribution < 1.29 is 13.2 Å². The average Bonchev–Trinajstić information content (AvgIpc) is 3.12. The molecule has 0 spiro atoms. The molecule has 1 atom stereocenters. The van der Waals surface area contributed by atoms with Crippen LogP contribution in [0.3, 0.4) is 0 Å². The molecule has 1 aromatic heterocycles. The molecule has 8 heteroatoms. The fourth-order valence-corrected chi connectivity index (χ4v) is 4.42. The minimum Gasteiger partial charge on any atom is -0.350 e. The minimum atomic E-state index is -3.63. The minimum absolute atomic E-state index is 0.267. The Kier molecular flexibility index (Phi) is 6.03. The summed E-state index contributed by atoms with van der Waals surface area (Å²) < 4.78 is 27.7. The van der Waals surface area contributed by atoms with Crippen LogP contribution < -0.4 is 9.62 Å². The van der Waals surface area contributed by atoms with Crippen molar-refractivity contribution in [1.29, 1.82) is 0 Å². The largest absolute Gasteiger partial charge is 0.350 e. The van der Waals surface area contributed by atoms with Crippen LogP contribution in [0.2, 0.25) is 0 Å². The first-order chi connectivity index (χ1) is 13.8. The molecule has 0 aliphatic heterocycles. The van der Waals surface area contributed by atoms with Gasteiger partial charge in [0, 0.05) is 18.9 Å². The van der Waals surface area contributed by atoms with Gasteiger partial charge < -0.3 is 9.88 Å². The smallest absolute Gasteiger partial charge is 0.243 e. The Morgan fingerprint density at radius 2 is 1.79 bits per heavy atom. The molecular formula is C21H24N4O3S. The van der Waals surface area contributed by atoms with Crippen molar-refractivity contribution in [2.24, 2.45) is 0 Å². The lowest BCUT2D eigenvalue weighted by atomic mass is 10.1. The maximum Gasteiger partial charge on any atom is 0.243 e. The van der Waals surface area contributed by atoms with E-state index in [4.69, 9.17) is 0 Å². The predicted molar refractivity (Wildman–Crippen MR) is 113 cm³/mol. The molecule has 0 saturated heterocycles. The molecule has 0 radical (unpaired) electrons. The molecule has 7 nitrogen and oxygen atoms in total. The number of rotatable bonds is 7. The lowest BCUT2D eigenvalue weighted by molar-refractivity contribution is -0.122. The van der Waals surface area contributed by atoms with Crippen LogP contribution in [0.1, 0.15) is 18.3 Å². The summed E-state index contributed by atoms with van der Waals surface area (Å²) >= 11 is 0. The lowest BCUT2D eigenvalue weighted by Crippen LogP contribution is -2.47. The van der Waals surface area contributed by atoms with E-state index < -0.39 is 16.1 Å². The van der Waals surface area contributed by atoms with Crippen molar-refractivity contribution in [3.63, 3.8) is 0 Å². The van der Waals surface area contributed by atoms with Gasteiger partial charge in [0.05, 0.1) is 17.6 Å². The van der Waals surface area contributed by atoms with Gasteiger partial charge in [0.1, 0.15) is 11.9 Å². The van der Waals surface area contributed by atoms with E-state index in [1.54, 1.807) is 43.5 Å². The number of nitrogens with one attached hydrogen (secondary N) is 1. The van der Waals surface area contributed by atoms with Crippen molar-refractivity contribution in [1.82, 2.24) is 14.9 Å². The summed E-state index contributed by atoms with van der Waals surface area (Å²) in [5, 5.41) is 2.86. The van der Waals surface area contributed by atoms with Gasteiger partial charge in [-0.2, -0.15) is 0 Å². The summed E-state index contributed by atoms with van der Waals surface area (Å²) in [5.74, 6) is 0.459. The zero-order valence-corrected chi connectivity index (χ0v) is 17.4. The van der Waals surface area contributed by atoms with E-state index in [-0.39, 0.29) is 12.5 Å². The fraction of sp³-hybridized carbons (Fsp3) is 0.238. The van der Waals surface area contributed by atoms with E-state index in [0.29, 0.717) is 5.69 Å². The molecule has 29 heavy (non-hydrogen) atoms. The molecule has 0 aliphatic rings. The van der Waals surface area contributed by atoms with Crippen LogP contribution in [-0.2, 0) is 21.4 Å². The third-order valence-corrected chi connectivity index (χ3v) is 5.87. The van der Waals surface area contributed by atoms with Gasteiger partial charge in [-0.1, -0.05) is 36.4 Å². The van der Waals surface area contributed by atoms with Crippen LogP contribution in [-0.4, -0.2) is 36.2 Å². The summed E-state index contributed by atoms with van der Waals surface area (Å²) in [7, 11) is -3.63. The summed E-state index contributed by atoms with van der Waals surface area (Å²) in [5.41, 5.74) is 2.27. The molecule has 1 N–H and O–H groups in total. The van der Waals surface area contributed by atoms with Gasteiger partial charge in [-0.15, -0.1) is 0 Å². The van der Waals surface area contributed by atoms with Crippen molar-refractivity contribution in [2.75, 3.05) is 10.6 Å². The number of carbonyl (C=O) groups is 1. The number of hydrogen-bond donors (Lipinski definition) is 1. The number of aromatic nitrogens is 2. The Balaban J connectivity index is 1.80. The highest BCUT2D eigenvalue weighted by Crippen LogP contribution is 2.21. The second-order valence-electron chi connectivity index (χ2n) is 6.76. The fourth-order valence-electron chi connectivity index (χ4n) is 3.24. The number of amides is 1. The van der Waals surface area contributed by atoms with Gasteiger partial charge in [-0.25, -0.2) is 13.4 Å². The summed E-state index contributed by atoms with van der Waals surface area (Å²) in [4.78, 5) is 17.0. The lowest BCUT2D eigenvalue weighted by Gasteiger charge is -2.28. The zero-order valence-electron chi connectivity index (χ0n) is 16.6. The van der Waals surface area contributed by atoms with E-state index in [1.165, 1.54) is 0 Å². The van der Waals surface area contributed by atoms with Gasteiger partial charge >= 0.3 is 0 Å². The van der Waals surface area contributed by atoms with Crippen LogP contribution in [0, 0.1) is 6.92 Å². The number of para-hydroxylation sites is 2. The van der Waals surface area contributed by atoms with Crippen LogP contribution in [0.4, 0.5) is 5.69 Å². The van der Waals surface area contributed by atoms with E-state index in [2.05, 4.69) is 10.3 Å². The molecule has 152 valence electrons. The van der Waals surface area contributed by atoms with Gasteiger partial charge in [0.15, 0.2) is 0 Å². The maximum absolute atomic E-state index is 12.8. The van der Waals surface area contributed by atoms with Crippen LogP contribution in [0.15, 0.2) is 67.0 Å². The molecule has 0 aliphatic carbocycles. The van der Waals surface area contributed by atoms with E-state index in [9.17, 15) is 13.2 Å². The van der Waals surface area contributed by atoms with Crippen molar-refractivity contribution in [3.8, 4) is 5.69 Å². The molecule has 3 aromatic rings. The summed E-state index contributed by atoms with van der Waals surface area (Å²) in [6.45, 7) is 3.75. The number of anilines is 1. The van der Waals surface area contributed by atoms with Crippen LogP contribution in [0.5, 0.6) is 0 Å².